The topological polar surface area (TPSA) is 64.6 Å². The molecule has 1 aromatic rings. The lowest BCUT2D eigenvalue weighted by atomic mass is 9.77. The Morgan fingerprint density at radius 1 is 1.32 bits per heavy atom. The summed E-state index contributed by atoms with van der Waals surface area (Å²) in [7, 11) is -1.89. The molecule has 3 rings (SSSR count). The minimum absolute atomic E-state index is 0.0135. The molecule has 0 unspecified atom stereocenters. The van der Waals surface area contributed by atoms with Gasteiger partial charge < -0.3 is 9.47 Å². The summed E-state index contributed by atoms with van der Waals surface area (Å²) in [6.45, 7) is 0.746. The average molecular weight is 283 g/mol. The van der Waals surface area contributed by atoms with Crippen LogP contribution >= 0.6 is 0 Å². The molecule has 0 aromatic heterocycles. The van der Waals surface area contributed by atoms with Crippen molar-refractivity contribution in [1.29, 1.82) is 0 Å². The van der Waals surface area contributed by atoms with E-state index in [0.29, 0.717) is 11.7 Å². The summed E-state index contributed by atoms with van der Waals surface area (Å²) < 4.78 is 37.7. The van der Waals surface area contributed by atoms with E-state index in [9.17, 15) is 8.42 Å². The van der Waals surface area contributed by atoms with Crippen LogP contribution in [0.2, 0.25) is 0 Å². The van der Waals surface area contributed by atoms with Crippen molar-refractivity contribution in [2.24, 2.45) is 5.92 Å². The molecule has 2 aliphatic rings. The van der Waals surface area contributed by atoms with Gasteiger partial charge >= 0.3 is 0 Å². The number of rotatable bonds is 4. The van der Waals surface area contributed by atoms with Gasteiger partial charge in [0.25, 0.3) is 0 Å². The second-order valence-electron chi connectivity index (χ2n) is 5.00. The third kappa shape index (κ3) is 2.35. The van der Waals surface area contributed by atoms with Crippen LogP contribution in [0.1, 0.15) is 12.8 Å². The molecule has 6 heteroatoms. The number of ether oxygens (including phenoxy) is 2. The first kappa shape index (κ1) is 12.9. The summed E-state index contributed by atoms with van der Waals surface area (Å²) in [6.07, 6.45) is 1.98. The molecule has 0 amide bonds. The summed E-state index contributed by atoms with van der Waals surface area (Å²) >= 11 is 0. The van der Waals surface area contributed by atoms with Crippen molar-refractivity contribution in [2.45, 2.75) is 29.9 Å². The molecule has 0 spiro atoms. The fraction of sp³-hybridized carbons (Fsp3) is 0.538. The van der Waals surface area contributed by atoms with Crippen LogP contribution in [0.5, 0.6) is 5.75 Å². The summed E-state index contributed by atoms with van der Waals surface area (Å²) in [6, 6.07) is 6.43. The maximum absolute atomic E-state index is 12.2. The summed E-state index contributed by atoms with van der Waals surface area (Å²) in [5, 5.41) is 0. The van der Waals surface area contributed by atoms with Crippen LogP contribution in [0, 0.1) is 5.92 Å². The zero-order valence-electron chi connectivity index (χ0n) is 10.7. The lowest BCUT2D eigenvalue weighted by Gasteiger charge is -2.39. The van der Waals surface area contributed by atoms with Gasteiger partial charge in [-0.05, 0) is 37.1 Å². The molecule has 5 nitrogen and oxygen atoms in total. The molecule has 1 aliphatic heterocycles. The summed E-state index contributed by atoms with van der Waals surface area (Å²) in [4.78, 5) is 0.274. The zero-order valence-corrected chi connectivity index (χ0v) is 11.5. The van der Waals surface area contributed by atoms with Gasteiger partial charge in [0, 0.05) is 18.6 Å². The minimum atomic E-state index is -3.45. The van der Waals surface area contributed by atoms with E-state index < -0.39 is 10.0 Å². The van der Waals surface area contributed by atoms with Crippen molar-refractivity contribution in [2.75, 3.05) is 13.7 Å². The highest BCUT2D eigenvalue weighted by Crippen LogP contribution is 2.39. The van der Waals surface area contributed by atoms with E-state index >= 15 is 0 Å². The van der Waals surface area contributed by atoms with Crippen molar-refractivity contribution < 1.29 is 17.9 Å². The molecule has 1 heterocycles. The van der Waals surface area contributed by atoms with Crippen LogP contribution in [0.3, 0.4) is 0 Å². The number of nitrogens with one attached hydrogen (secondary N) is 1. The summed E-state index contributed by atoms with van der Waals surface area (Å²) in [5.74, 6) is 0.986. The van der Waals surface area contributed by atoms with E-state index in [4.69, 9.17) is 9.47 Å². The van der Waals surface area contributed by atoms with Gasteiger partial charge in [-0.15, -0.1) is 0 Å². The highest BCUT2D eigenvalue weighted by atomic mass is 32.2. The van der Waals surface area contributed by atoms with Crippen LogP contribution in [0.15, 0.2) is 29.2 Å². The Morgan fingerprint density at radius 2 is 2.05 bits per heavy atom. The van der Waals surface area contributed by atoms with Crippen molar-refractivity contribution in [3.05, 3.63) is 24.3 Å². The molecular weight excluding hydrogens is 266 g/mol. The van der Waals surface area contributed by atoms with E-state index in [1.165, 1.54) is 0 Å². The predicted octanol–water partition coefficient (Wildman–Crippen LogP) is 1.15. The van der Waals surface area contributed by atoms with Crippen LogP contribution in [-0.2, 0) is 14.8 Å². The number of hydrogen-bond acceptors (Lipinski definition) is 4. The SMILES string of the molecule is COc1ccc(S(=O)(=O)N[C@@H]2C[C@H]3OCC[C@@H]23)cc1. The molecular formula is C13H17NO4S. The fourth-order valence-corrected chi connectivity index (χ4v) is 4.06. The Hall–Kier alpha value is -1.11. The quantitative estimate of drug-likeness (QED) is 0.900. The van der Waals surface area contributed by atoms with Crippen molar-refractivity contribution in [3.63, 3.8) is 0 Å². The Bertz CT molecular complexity index is 555. The number of benzene rings is 1. The first-order valence-corrected chi connectivity index (χ1v) is 7.86. The maximum atomic E-state index is 12.2. The Kier molecular flexibility index (Phi) is 3.24. The monoisotopic (exact) mass is 283 g/mol. The number of hydrogen-bond donors (Lipinski definition) is 1. The number of methoxy groups -OCH3 is 1. The van der Waals surface area contributed by atoms with Gasteiger partial charge in [0.1, 0.15) is 5.75 Å². The van der Waals surface area contributed by atoms with E-state index in [0.717, 1.165) is 19.4 Å². The zero-order chi connectivity index (χ0) is 13.5. The molecule has 1 aromatic carbocycles. The maximum Gasteiger partial charge on any atom is 0.240 e. The molecule has 2 fully saturated rings. The number of sulfonamides is 1. The van der Waals surface area contributed by atoms with E-state index in [2.05, 4.69) is 4.72 Å². The molecule has 1 saturated heterocycles. The minimum Gasteiger partial charge on any atom is -0.497 e. The van der Waals surface area contributed by atoms with E-state index in [1.54, 1.807) is 31.4 Å². The van der Waals surface area contributed by atoms with Crippen LogP contribution < -0.4 is 9.46 Å². The Balaban J connectivity index is 1.71. The molecule has 1 N–H and O–H groups in total. The highest BCUT2D eigenvalue weighted by molar-refractivity contribution is 7.89. The van der Waals surface area contributed by atoms with Gasteiger partial charge in [0.15, 0.2) is 0 Å². The van der Waals surface area contributed by atoms with E-state index in [-0.39, 0.29) is 17.0 Å². The second kappa shape index (κ2) is 4.77. The average Bonchev–Trinajstić information content (AvgIpc) is 2.78. The Labute approximate surface area is 113 Å². The first-order valence-electron chi connectivity index (χ1n) is 6.38. The Morgan fingerprint density at radius 3 is 2.68 bits per heavy atom. The van der Waals surface area contributed by atoms with E-state index in [1.807, 2.05) is 0 Å². The molecule has 19 heavy (non-hydrogen) atoms. The molecule has 3 atom stereocenters. The standard InChI is InChI=1S/C13H17NO4S/c1-17-9-2-4-10(5-3-9)19(15,16)14-12-8-13-11(12)6-7-18-13/h2-5,11-14H,6-8H2,1H3/t11-,12+,13+/m0/s1. The van der Waals surface area contributed by atoms with Crippen molar-refractivity contribution in [3.8, 4) is 5.75 Å². The molecule has 1 saturated carbocycles. The number of fused-ring (bicyclic) bond motifs is 1. The summed E-state index contributed by atoms with van der Waals surface area (Å²) in [5.41, 5.74) is 0. The van der Waals surface area contributed by atoms with Crippen LogP contribution in [0.4, 0.5) is 0 Å². The van der Waals surface area contributed by atoms with Gasteiger partial charge in [0.05, 0.1) is 18.1 Å². The first-order chi connectivity index (χ1) is 9.10. The third-order valence-corrected chi connectivity index (χ3v) is 5.45. The largest absolute Gasteiger partial charge is 0.497 e. The van der Waals surface area contributed by atoms with Gasteiger partial charge in [-0.2, -0.15) is 0 Å². The normalized spacial score (nSPS) is 29.6. The predicted molar refractivity (Wildman–Crippen MR) is 69.6 cm³/mol. The van der Waals surface area contributed by atoms with Crippen LogP contribution in [0.25, 0.3) is 0 Å². The van der Waals surface area contributed by atoms with Crippen molar-refractivity contribution >= 4 is 10.0 Å². The van der Waals surface area contributed by atoms with Gasteiger partial charge in [-0.1, -0.05) is 0 Å². The van der Waals surface area contributed by atoms with Gasteiger partial charge in [0.2, 0.25) is 10.0 Å². The van der Waals surface area contributed by atoms with Gasteiger partial charge in [-0.25, -0.2) is 13.1 Å². The second-order valence-corrected chi connectivity index (χ2v) is 6.71. The molecule has 0 bridgehead atoms. The lowest BCUT2D eigenvalue weighted by Crippen LogP contribution is -2.53. The van der Waals surface area contributed by atoms with Crippen LogP contribution in [-0.4, -0.2) is 34.3 Å². The third-order valence-electron chi connectivity index (χ3n) is 3.94. The lowest BCUT2D eigenvalue weighted by molar-refractivity contribution is 0.0143. The molecule has 104 valence electrons. The van der Waals surface area contributed by atoms with Crippen molar-refractivity contribution in [1.82, 2.24) is 4.72 Å². The smallest absolute Gasteiger partial charge is 0.240 e. The highest BCUT2D eigenvalue weighted by Gasteiger charge is 2.46. The fourth-order valence-electron chi connectivity index (χ4n) is 2.76. The molecule has 1 aliphatic carbocycles. The molecule has 0 radical (unpaired) electrons. The van der Waals surface area contributed by atoms with Gasteiger partial charge in [-0.3, -0.25) is 0 Å².